The van der Waals surface area contributed by atoms with Crippen molar-refractivity contribution in [2.24, 2.45) is 7.05 Å². The number of carbonyl (C=O) groups is 1. The summed E-state index contributed by atoms with van der Waals surface area (Å²) in [4.78, 5) is 24.5. The third kappa shape index (κ3) is 5.18. The van der Waals surface area contributed by atoms with E-state index in [1.54, 1.807) is 23.7 Å². The number of ether oxygens (including phenoxy) is 1. The van der Waals surface area contributed by atoms with Gasteiger partial charge < -0.3 is 14.6 Å². The summed E-state index contributed by atoms with van der Waals surface area (Å²) in [5, 5.41) is 23.5. The van der Waals surface area contributed by atoms with Crippen molar-refractivity contribution in [3.63, 3.8) is 0 Å². The van der Waals surface area contributed by atoms with Gasteiger partial charge in [-0.15, -0.1) is 10.2 Å². The van der Waals surface area contributed by atoms with Gasteiger partial charge in [0.15, 0.2) is 5.16 Å². The molecule has 4 rings (SSSR count). The van der Waals surface area contributed by atoms with Crippen LogP contribution in [-0.4, -0.2) is 45.4 Å². The Labute approximate surface area is 199 Å². The molecule has 0 radical (unpaired) electrons. The first-order valence-electron chi connectivity index (χ1n) is 10.3. The SMILES string of the molecule is Cn1cnnc1Sc1ccc(C(=O)NCC2(c3ccc(Cl)cc3)CCOCC2)cc1[N+](=O)[O-]. The fraction of sp³-hybridized carbons (Fsp3) is 0.318. The number of benzene rings is 2. The molecule has 2 aromatic carbocycles. The van der Waals surface area contributed by atoms with E-state index in [0.717, 1.165) is 30.2 Å². The summed E-state index contributed by atoms with van der Waals surface area (Å²) in [6.45, 7) is 1.58. The number of nitro benzene ring substituents is 1. The minimum atomic E-state index is -0.497. The van der Waals surface area contributed by atoms with E-state index in [4.69, 9.17) is 16.3 Å². The number of rotatable bonds is 7. The van der Waals surface area contributed by atoms with Crippen molar-refractivity contribution < 1.29 is 14.5 Å². The molecule has 11 heteroatoms. The smallest absolute Gasteiger partial charge is 0.284 e. The minimum Gasteiger partial charge on any atom is -0.381 e. The summed E-state index contributed by atoms with van der Waals surface area (Å²) in [5.74, 6) is -0.367. The van der Waals surface area contributed by atoms with E-state index in [2.05, 4.69) is 15.5 Å². The van der Waals surface area contributed by atoms with Gasteiger partial charge in [-0.3, -0.25) is 14.9 Å². The molecule has 0 saturated carbocycles. The lowest BCUT2D eigenvalue weighted by Gasteiger charge is -2.38. The predicted molar refractivity (Wildman–Crippen MR) is 124 cm³/mol. The molecule has 1 aliphatic heterocycles. The van der Waals surface area contributed by atoms with E-state index in [1.165, 1.54) is 12.4 Å². The Morgan fingerprint density at radius 2 is 2.00 bits per heavy atom. The lowest BCUT2D eigenvalue weighted by molar-refractivity contribution is -0.387. The molecule has 0 atom stereocenters. The zero-order chi connectivity index (χ0) is 23.4. The second-order valence-electron chi connectivity index (χ2n) is 7.85. The van der Waals surface area contributed by atoms with Gasteiger partial charge in [-0.1, -0.05) is 23.7 Å². The third-order valence-corrected chi connectivity index (χ3v) is 7.15. The summed E-state index contributed by atoms with van der Waals surface area (Å²) >= 11 is 7.17. The highest BCUT2D eigenvalue weighted by Gasteiger charge is 2.35. The van der Waals surface area contributed by atoms with Gasteiger partial charge in [-0.25, -0.2) is 0 Å². The van der Waals surface area contributed by atoms with Crippen LogP contribution in [0.4, 0.5) is 5.69 Å². The first-order valence-corrected chi connectivity index (χ1v) is 11.5. The normalized spacial score (nSPS) is 15.2. The van der Waals surface area contributed by atoms with Crippen molar-refractivity contribution in [1.82, 2.24) is 20.1 Å². The summed E-state index contributed by atoms with van der Waals surface area (Å²) < 4.78 is 7.21. The number of nitrogens with one attached hydrogen (secondary N) is 1. The van der Waals surface area contributed by atoms with Crippen LogP contribution in [0.5, 0.6) is 0 Å². The van der Waals surface area contributed by atoms with Gasteiger partial charge in [-0.2, -0.15) is 0 Å². The van der Waals surface area contributed by atoms with Crippen LogP contribution in [0.2, 0.25) is 5.02 Å². The molecule has 33 heavy (non-hydrogen) atoms. The highest BCUT2D eigenvalue weighted by molar-refractivity contribution is 7.99. The van der Waals surface area contributed by atoms with Gasteiger partial charge in [0, 0.05) is 48.9 Å². The molecule has 0 unspecified atom stereocenters. The van der Waals surface area contributed by atoms with E-state index in [0.29, 0.717) is 34.8 Å². The highest BCUT2D eigenvalue weighted by Crippen LogP contribution is 2.36. The number of nitro groups is 1. The van der Waals surface area contributed by atoms with Crippen LogP contribution in [0.1, 0.15) is 28.8 Å². The van der Waals surface area contributed by atoms with Crippen LogP contribution >= 0.6 is 23.4 Å². The Bertz CT molecular complexity index is 1160. The zero-order valence-corrected chi connectivity index (χ0v) is 19.4. The number of nitrogens with zero attached hydrogens (tertiary/aromatic N) is 4. The van der Waals surface area contributed by atoms with Crippen LogP contribution in [0.15, 0.2) is 58.8 Å². The van der Waals surface area contributed by atoms with Crippen molar-refractivity contribution in [1.29, 1.82) is 0 Å². The number of carbonyl (C=O) groups excluding carboxylic acids is 1. The van der Waals surface area contributed by atoms with Crippen molar-refractivity contribution in [3.8, 4) is 0 Å². The average Bonchev–Trinajstić information content (AvgIpc) is 3.23. The molecule has 2 heterocycles. The molecule has 0 spiro atoms. The van der Waals surface area contributed by atoms with Gasteiger partial charge >= 0.3 is 0 Å². The summed E-state index contributed by atoms with van der Waals surface area (Å²) in [6.07, 6.45) is 3.02. The van der Waals surface area contributed by atoms with E-state index >= 15 is 0 Å². The Morgan fingerprint density at radius 3 is 2.64 bits per heavy atom. The van der Waals surface area contributed by atoms with Crippen molar-refractivity contribution in [2.45, 2.75) is 28.3 Å². The molecule has 0 aliphatic carbocycles. The number of aryl methyl sites for hydroxylation is 1. The Kier molecular flexibility index (Phi) is 6.96. The summed E-state index contributed by atoms with van der Waals surface area (Å²) in [5.41, 5.74) is 0.860. The van der Waals surface area contributed by atoms with Crippen LogP contribution in [-0.2, 0) is 17.2 Å². The number of halogens is 1. The van der Waals surface area contributed by atoms with Crippen LogP contribution in [0.3, 0.4) is 0 Å². The standard InChI is InChI=1S/C22H22ClN5O4S/c1-27-14-25-26-21(27)33-19-7-2-15(12-18(19)28(30)31)20(29)24-13-22(8-10-32-11-9-22)16-3-5-17(23)6-4-16/h2-7,12,14H,8-11,13H2,1H3,(H,24,29). The molecule has 1 aromatic heterocycles. The first kappa shape index (κ1) is 23.2. The minimum absolute atomic E-state index is 0.158. The zero-order valence-electron chi connectivity index (χ0n) is 17.9. The number of amides is 1. The molecule has 1 N–H and O–H groups in total. The van der Waals surface area contributed by atoms with Gasteiger partial charge in [0.1, 0.15) is 6.33 Å². The third-order valence-electron chi connectivity index (χ3n) is 5.78. The molecule has 172 valence electrons. The second kappa shape index (κ2) is 9.90. The highest BCUT2D eigenvalue weighted by atomic mass is 35.5. The molecule has 1 fully saturated rings. The molecular formula is C22H22ClN5O4S. The van der Waals surface area contributed by atoms with Gasteiger partial charge in [0.05, 0.1) is 9.82 Å². The quantitative estimate of drug-likeness (QED) is 0.395. The van der Waals surface area contributed by atoms with E-state index in [-0.39, 0.29) is 22.6 Å². The van der Waals surface area contributed by atoms with E-state index in [9.17, 15) is 14.9 Å². The topological polar surface area (TPSA) is 112 Å². The first-order chi connectivity index (χ1) is 15.9. The van der Waals surface area contributed by atoms with Crippen LogP contribution in [0.25, 0.3) is 0 Å². The predicted octanol–water partition coefficient (Wildman–Crippen LogP) is 4.01. The Morgan fingerprint density at radius 1 is 1.27 bits per heavy atom. The molecule has 1 aliphatic rings. The fourth-order valence-electron chi connectivity index (χ4n) is 3.84. The maximum atomic E-state index is 13.0. The number of aromatic nitrogens is 3. The summed E-state index contributed by atoms with van der Waals surface area (Å²) in [7, 11) is 1.75. The van der Waals surface area contributed by atoms with Crippen LogP contribution in [0, 0.1) is 10.1 Å². The van der Waals surface area contributed by atoms with Crippen molar-refractivity contribution in [2.75, 3.05) is 19.8 Å². The lowest BCUT2D eigenvalue weighted by atomic mass is 9.74. The largest absolute Gasteiger partial charge is 0.381 e. The fourth-order valence-corrected chi connectivity index (χ4v) is 4.81. The summed E-state index contributed by atoms with van der Waals surface area (Å²) in [6, 6.07) is 12.1. The van der Waals surface area contributed by atoms with Gasteiger partial charge in [0.2, 0.25) is 0 Å². The monoisotopic (exact) mass is 487 g/mol. The van der Waals surface area contributed by atoms with Crippen LogP contribution < -0.4 is 5.32 Å². The molecule has 9 nitrogen and oxygen atoms in total. The van der Waals surface area contributed by atoms with E-state index in [1.807, 2.05) is 24.3 Å². The molecule has 3 aromatic rings. The van der Waals surface area contributed by atoms with Gasteiger partial charge in [-0.05, 0) is 54.4 Å². The van der Waals surface area contributed by atoms with Crippen molar-refractivity contribution in [3.05, 3.63) is 75.1 Å². The number of hydrogen-bond acceptors (Lipinski definition) is 7. The maximum absolute atomic E-state index is 13.0. The second-order valence-corrected chi connectivity index (χ2v) is 9.29. The molecule has 1 saturated heterocycles. The maximum Gasteiger partial charge on any atom is 0.284 e. The molecule has 1 amide bonds. The average molecular weight is 488 g/mol. The number of hydrogen-bond donors (Lipinski definition) is 1. The Balaban J connectivity index is 1.53. The van der Waals surface area contributed by atoms with Crippen molar-refractivity contribution >= 4 is 35.0 Å². The Hall–Kier alpha value is -2.95. The molecular weight excluding hydrogens is 466 g/mol. The van der Waals surface area contributed by atoms with E-state index < -0.39 is 4.92 Å². The lowest BCUT2D eigenvalue weighted by Crippen LogP contribution is -2.44. The van der Waals surface area contributed by atoms with Gasteiger partial charge in [0.25, 0.3) is 11.6 Å². The molecule has 0 bridgehead atoms.